The summed E-state index contributed by atoms with van der Waals surface area (Å²) in [7, 11) is 0. The number of hydrogen-bond acceptors (Lipinski definition) is 3. The third-order valence-electron chi connectivity index (χ3n) is 2.45. The molecule has 0 fully saturated rings. The standard InChI is InChI=1S/C12H19N3O/c1-2-10-3-5-11(6-4-10)9-14-8-7-12(13)15-16/h3-6,14,16H,2,7-9H2,1H3,(H2,13,15). The van der Waals surface area contributed by atoms with Gasteiger partial charge in [-0.1, -0.05) is 36.3 Å². The molecule has 4 heteroatoms. The second kappa shape index (κ2) is 6.85. The molecule has 4 nitrogen and oxygen atoms in total. The lowest BCUT2D eigenvalue weighted by Gasteiger charge is -2.05. The minimum Gasteiger partial charge on any atom is -0.409 e. The summed E-state index contributed by atoms with van der Waals surface area (Å²) in [5.41, 5.74) is 7.94. The maximum absolute atomic E-state index is 8.34. The first-order chi connectivity index (χ1) is 7.76. The predicted octanol–water partition coefficient (Wildman–Crippen LogP) is 1.48. The van der Waals surface area contributed by atoms with Crippen LogP contribution in [0.5, 0.6) is 0 Å². The van der Waals surface area contributed by atoms with Crippen LogP contribution < -0.4 is 11.1 Å². The van der Waals surface area contributed by atoms with Crippen LogP contribution in [0, 0.1) is 0 Å². The average molecular weight is 221 g/mol. The maximum atomic E-state index is 8.34. The number of benzene rings is 1. The SMILES string of the molecule is CCc1ccc(CNCC/C(N)=N/O)cc1. The van der Waals surface area contributed by atoms with Crippen molar-refractivity contribution in [2.45, 2.75) is 26.3 Å². The molecule has 0 saturated carbocycles. The van der Waals surface area contributed by atoms with E-state index in [1.807, 2.05) is 0 Å². The summed E-state index contributed by atoms with van der Waals surface area (Å²) < 4.78 is 0. The molecule has 1 aromatic rings. The van der Waals surface area contributed by atoms with E-state index in [4.69, 9.17) is 10.9 Å². The normalized spacial score (nSPS) is 11.7. The highest BCUT2D eigenvalue weighted by atomic mass is 16.4. The van der Waals surface area contributed by atoms with Crippen molar-refractivity contribution in [1.29, 1.82) is 0 Å². The average Bonchev–Trinajstić information content (AvgIpc) is 2.35. The van der Waals surface area contributed by atoms with Gasteiger partial charge in [0.25, 0.3) is 0 Å². The lowest BCUT2D eigenvalue weighted by atomic mass is 10.1. The molecule has 0 amide bonds. The van der Waals surface area contributed by atoms with Crippen LogP contribution in [0.2, 0.25) is 0 Å². The van der Waals surface area contributed by atoms with Crippen molar-refractivity contribution >= 4 is 5.84 Å². The second-order valence-corrected chi connectivity index (χ2v) is 3.69. The van der Waals surface area contributed by atoms with Gasteiger partial charge in [-0.2, -0.15) is 0 Å². The smallest absolute Gasteiger partial charge is 0.140 e. The Morgan fingerprint density at radius 3 is 2.50 bits per heavy atom. The van der Waals surface area contributed by atoms with E-state index in [-0.39, 0.29) is 5.84 Å². The molecule has 0 radical (unpaired) electrons. The number of nitrogens with two attached hydrogens (primary N) is 1. The maximum Gasteiger partial charge on any atom is 0.140 e. The molecule has 16 heavy (non-hydrogen) atoms. The van der Waals surface area contributed by atoms with Gasteiger partial charge < -0.3 is 16.3 Å². The van der Waals surface area contributed by atoms with E-state index in [1.54, 1.807) is 0 Å². The molecule has 0 aliphatic carbocycles. The van der Waals surface area contributed by atoms with Crippen molar-refractivity contribution in [3.63, 3.8) is 0 Å². The van der Waals surface area contributed by atoms with Gasteiger partial charge in [-0.25, -0.2) is 0 Å². The van der Waals surface area contributed by atoms with Crippen LogP contribution in [0.3, 0.4) is 0 Å². The number of hydrogen-bond donors (Lipinski definition) is 3. The first-order valence-corrected chi connectivity index (χ1v) is 5.51. The number of amidine groups is 1. The third-order valence-corrected chi connectivity index (χ3v) is 2.45. The van der Waals surface area contributed by atoms with E-state index in [1.165, 1.54) is 11.1 Å². The number of nitrogens with one attached hydrogen (secondary N) is 1. The monoisotopic (exact) mass is 221 g/mol. The molecule has 0 atom stereocenters. The molecule has 0 aliphatic rings. The van der Waals surface area contributed by atoms with Gasteiger partial charge in [-0.15, -0.1) is 0 Å². The van der Waals surface area contributed by atoms with E-state index < -0.39 is 0 Å². The van der Waals surface area contributed by atoms with Crippen LogP contribution in [0.1, 0.15) is 24.5 Å². The molecule has 1 aromatic carbocycles. The number of rotatable bonds is 6. The quantitative estimate of drug-likeness (QED) is 0.224. The Kier molecular flexibility index (Phi) is 5.36. The number of oxime groups is 1. The van der Waals surface area contributed by atoms with Crippen molar-refractivity contribution in [1.82, 2.24) is 5.32 Å². The number of aryl methyl sites for hydroxylation is 1. The highest BCUT2D eigenvalue weighted by Gasteiger charge is 1.95. The van der Waals surface area contributed by atoms with Crippen molar-refractivity contribution < 1.29 is 5.21 Å². The molecule has 0 aliphatic heterocycles. The zero-order valence-corrected chi connectivity index (χ0v) is 9.61. The zero-order valence-electron chi connectivity index (χ0n) is 9.61. The van der Waals surface area contributed by atoms with E-state index in [2.05, 4.69) is 41.7 Å². The Hall–Kier alpha value is -1.55. The van der Waals surface area contributed by atoms with Gasteiger partial charge in [0, 0.05) is 19.5 Å². The molecule has 88 valence electrons. The summed E-state index contributed by atoms with van der Waals surface area (Å²) in [5.74, 6) is 0.258. The fourth-order valence-electron chi connectivity index (χ4n) is 1.39. The topological polar surface area (TPSA) is 70.6 Å². The molecule has 0 aromatic heterocycles. The van der Waals surface area contributed by atoms with Crippen molar-refractivity contribution in [3.05, 3.63) is 35.4 Å². The van der Waals surface area contributed by atoms with Gasteiger partial charge >= 0.3 is 0 Å². The van der Waals surface area contributed by atoms with E-state index in [0.29, 0.717) is 13.0 Å². The Bertz CT molecular complexity index is 333. The highest BCUT2D eigenvalue weighted by Crippen LogP contribution is 2.04. The van der Waals surface area contributed by atoms with Crippen LogP contribution in [-0.4, -0.2) is 17.6 Å². The molecule has 0 spiro atoms. The summed E-state index contributed by atoms with van der Waals surface area (Å²) >= 11 is 0. The molecule has 0 heterocycles. The zero-order chi connectivity index (χ0) is 11.8. The first kappa shape index (κ1) is 12.5. The van der Waals surface area contributed by atoms with Gasteiger partial charge in [0.15, 0.2) is 0 Å². The van der Waals surface area contributed by atoms with E-state index >= 15 is 0 Å². The van der Waals surface area contributed by atoms with Crippen LogP contribution >= 0.6 is 0 Å². The fraction of sp³-hybridized carbons (Fsp3) is 0.417. The molecular formula is C12H19N3O. The Morgan fingerprint density at radius 1 is 1.31 bits per heavy atom. The minimum atomic E-state index is 0.258. The summed E-state index contributed by atoms with van der Waals surface area (Å²) in [6.07, 6.45) is 1.63. The molecule has 0 unspecified atom stereocenters. The molecule has 4 N–H and O–H groups in total. The van der Waals surface area contributed by atoms with Crippen LogP contribution in [-0.2, 0) is 13.0 Å². The number of nitrogens with zero attached hydrogens (tertiary/aromatic N) is 1. The largest absolute Gasteiger partial charge is 0.409 e. The molecule has 0 bridgehead atoms. The van der Waals surface area contributed by atoms with E-state index in [9.17, 15) is 0 Å². The lowest BCUT2D eigenvalue weighted by Crippen LogP contribution is -2.21. The van der Waals surface area contributed by atoms with Crippen molar-refractivity contribution in [2.24, 2.45) is 10.9 Å². The second-order valence-electron chi connectivity index (χ2n) is 3.69. The first-order valence-electron chi connectivity index (χ1n) is 5.51. The van der Waals surface area contributed by atoms with Crippen LogP contribution in [0.15, 0.2) is 29.4 Å². The van der Waals surface area contributed by atoms with E-state index in [0.717, 1.165) is 13.0 Å². The van der Waals surface area contributed by atoms with Crippen LogP contribution in [0.25, 0.3) is 0 Å². The predicted molar refractivity (Wildman–Crippen MR) is 65.6 cm³/mol. The Morgan fingerprint density at radius 2 is 1.94 bits per heavy atom. The summed E-state index contributed by atoms with van der Waals surface area (Å²) in [5, 5.41) is 14.5. The molecule has 0 saturated heterocycles. The van der Waals surface area contributed by atoms with Gasteiger partial charge in [0.1, 0.15) is 5.84 Å². The van der Waals surface area contributed by atoms with Crippen LogP contribution in [0.4, 0.5) is 0 Å². The van der Waals surface area contributed by atoms with Crippen molar-refractivity contribution in [2.75, 3.05) is 6.54 Å². The summed E-state index contributed by atoms with van der Waals surface area (Å²) in [6, 6.07) is 8.52. The van der Waals surface area contributed by atoms with Crippen molar-refractivity contribution in [3.8, 4) is 0 Å². The van der Waals surface area contributed by atoms with Gasteiger partial charge in [0.2, 0.25) is 0 Å². The molecule has 1 rings (SSSR count). The molecular weight excluding hydrogens is 202 g/mol. The lowest BCUT2D eigenvalue weighted by molar-refractivity contribution is 0.316. The Labute approximate surface area is 96.2 Å². The third kappa shape index (κ3) is 4.31. The van der Waals surface area contributed by atoms with Gasteiger partial charge in [-0.05, 0) is 17.5 Å². The fourth-order valence-corrected chi connectivity index (χ4v) is 1.39. The minimum absolute atomic E-state index is 0.258. The summed E-state index contributed by atoms with van der Waals surface area (Å²) in [6.45, 7) is 3.67. The van der Waals surface area contributed by atoms with Gasteiger partial charge in [-0.3, -0.25) is 0 Å². The summed E-state index contributed by atoms with van der Waals surface area (Å²) in [4.78, 5) is 0. The highest BCUT2D eigenvalue weighted by molar-refractivity contribution is 5.79. The van der Waals surface area contributed by atoms with Gasteiger partial charge in [0.05, 0.1) is 0 Å². The Balaban J connectivity index is 2.26.